The van der Waals surface area contributed by atoms with Crippen LogP contribution in [0.1, 0.15) is 92.4 Å². The van der Waals surface area contributed by atoms with Gasteiger partial charge in [0.05, 0.1) is 12.2 Å². The van der Waals surface area contributed by atoms with Crippen molar-refractivity contribution in [2.75, 3.05) is 6.61 Å². The van der Waals surface area contributed by atoms with Gasteiger partial charge in [-0.2, -0.15) is 0 Å². The van der Waals surface area contributed by atoms with Crippen LogP contribution in [0.2, 0.25) is 0 Å². The van der Waals surface area contributed by atoms with Crippen molar-refractivity contribution >= 4 is 0 Å². The van der Waals surface area contributed by atoms with Gasteiger partial charge in [-0.1, -0.05) is 79.1 Å². The Morgan fingerprint density at radius 1 is 0.864 bits per heavy atom. The van der Waals surface area contributed by atoms with Gasteiger partial charge in [0.1, 0.15) is 6.10 Å². The molecule has 1 aliphatic rings. The van der Waals surface area contributed by atoms with Gasteiger partial charge in [-0.3, -0.25) is 0 Å². The lowest BCUT2D eigenvalue weighted by Gasteiger charge is -2.15. The fraction of sp³-hybridized carbons (Fsp3) is 1.00. The summed E-state index contributed by atoms with van der Waals surface area (Å²) in [5.41, 5.74) is -0.0145. The van der Waals surface area contributed by atoms with Crippen molar-refractivity contribution in [2.24, 2.45) is 17.8 Å². The molecule has 1 fully saturated rings. The largest absolute Gasteiger partial charge is 0.394 e. The second-order valence-corrected chi connectivity index (χ2v) is 8.46. The number of ether oxygens (including phenoxy) is 1. The summed E-state index contributed by atoms with van der Waals surface area (Å²) in [4.78, 5) is 0. The first-order valence-electron chi connectivity index (χ1n) is 9.66. The van der Waals surface area contributed by atoms with Gasteiger partial charge in [-0.25, -0.2) is 0 Å². The fourth-order valence-corrected chi connectivity index (χ4v) is 3.52. The zero-order chi connectivity index (χ0) is 16.6. The van der Waals surface area contributed by atoms with Gasteiger partial charge < -0.3 is 9.84 Å². The summed E-state index contributed by atoms with van der Waals surface area (Å²) in [7, 11) is 0. The van der Waals surface area contributed by atoms with E-state index in [1.165, 1.54) is 51.4 Å². The van der Waals surface area contributed by atoms with E-state index in [1.54, 1.807) is 0 Å². The minimum atomic E-state index is -0.0145. The molecule has 0 amide bonds. The molecule has 0 aromatic heterocycles. The molecule has 1 N–H and O–H groups in total. The van der Waals surface area contributed by atoms with Crippen molar-refractivity contribution in [3.63, 3.8) is 0 Å². The minimum absolute atomic E-state index is 0.0145. The Morgan fingerprint density at radius 2 is 1.36 bits per heavy atom. The van der Waals surface area contributed by atoms with Crippen LogP contribution in [0.25, 0.3) is 0 Å². The van der Waals surface area contributed by atoms with E-state index in [9.17, 15) is 0 Å². The van der Waals surface area contributed by atoms with E-state index in [0.29, 0.717) is 0 Å². The second kappa shape index (κ2) is 9.93. The summed E-state index contributed by atoms with van der Waals surface area (Å²) < 4.78 is 5.55. The average molecular weight is 313 g/mol. The molecule has 0 aromatic carbocycles. The smallest absolute Gasteiger partial charge is 0.110 e. The summed E-state index contributed by atoms with van der Waals surface area (Å²) in [6.45, 7) is 11.8. The standard InChI is InChI=1S/C20H40O2/c1-16(2)9-6-10-17(3)11-7-12-18(4)13-8-14-20(5)19(15-21)22-20/h16-19,21H,6-15H2,1-5H3. The predicted molar refractivity (Wildman–Crippen MR) is 95.1 cm³/mol. The molecule has 4 atom stereocenters. The van der Waals surface area contributed by atoms with Crippen LogP contribution in [-0.2, 0) is 4.74 Å². The lowest BCUT2D eigenvalue weighted by Crippen LogP contribution is -2.12. The van der Waals surface area contributed by atoms with Gasteiger partial charge in [0.25, 0.3) is 0 Å². The van der Waals surface area contributed by atoms with Crippen LogP contribution in [0.3, 0.4) is 0 Å². The molecule has 1 saturated heterocycles. The number of rotatable bonds is 13. The Kier molecular flexibility index (Phi) is 9.01. The van der Waals surface area contributed by atoms with Crippen LogP contribution >= 0.6 is 0 Å². The third-order valence-electron chi connectivity index (χ3n) is 5.44. The third kappa shape index (κ3) is 7.97. The maximum atomic E-state index is 9.09. The average Bonchev–Trinajstić information content (AvgIpc) is 3.09. The number of hydrogen-bond donors (Lipinski definition) is 1. The summed E-state index contributed by atoms with van der Waals surface area (Å²) in [6.07, 6.45) is 12.1. The zero-order valence-corrected chi connectivity index (χ0v) is 15.7. The van der Waals surface area contributed by atoms with E-state index in [0.717, 1.165) is 24.2 Å². The van der Waals surface area contributed by atoms with E-state index in [2.05, 4.69) is 34.6 Å². The highest BCUT2D eigenvalue weighted by Gasteiger charge is 2.50. The number of epoxide rings is 1. The summed E-state index contributed by atoms with van der Waals surface area (Å²) in [5.74, 6) is 2.59. The number of aliphatic hydroxyl groups is 1. The molecule has 1 heterocycles. The highest BCUT2D eigenvalue weighted by atomic mass is 16.6. The van der Waals surface area contributed by atoms with Gasteiger partial charge in [-0.05, 0) is 31.1 Å². The van der Waals surface area contributed by atoms with Crippen molar-refractivity contribution in [1.82, 2.24) is 0 Å². The highest BCUT2D eigenvalue weighted by molar-refractivity contribution is 4.98. The van der Waals surface area contributed by atoms with Crippen LogP contribution in [0.5, 0.6) is 0 Å². The predicted octanol–water partition coefficient (Wildman–Crippen LogP) is 5.58. The van der Waals surface area contributed by atoms with E-state index in [-0.39, 0.29) is 18.3 Å². The summed E-state index contributed by atoms with van der Waals surface area (Å²) in [5, 5.41) is 9.09. The molecule has 4 unspecified atom stereocenters. The summed E-state index contributed by atoms with van der Waals surface area (Å²) in [6, 6.07) is 0. The monoisotopic (exact) mass is 312 g/mol. The number of hydrogen-bond acceptors (Lipinski definition) is 2. The molecule has 2 heteroatoms. The van der Waals surface area contributed by atoms with Crippen molar-refractivity contribution in [1.29, 1.82) is 0 Å². The maximum Gasteiger partial charge on any atom is 0.110 e. The first-order chi connectivity index (χ1) is 10.4. The second-order valence-electron chi connectivity index (χ2n) is 8.46. The normalized spacial score (nSPS) is 27.1. The summed E-state index contributed by atoms with van der Waals surface area (Å²) >= 11 is 0. The lowest BCUT2D eigenvalue weighted by molar-refractivity contribution is 0.234. The molecule has 132 valence electrons. The maximum absolute atomic E-state index is 9.09. The van der Waals surface area contributed by atoms with E-state index in [1.807, 2.05) is 0 Å². The zero-order valence-electron chi connectivity index (χ0n) is 15.7. The van der Waals surface area contributed by atoms with Crippen molar-refractivity contribution in [2.45, 2.75) is 104 Å². The van der Waals surface area contributed by atoms with Crippen molar-refractivity contribution in [3.8, 4) is 0 Å². The first kappa shape index (κ1) is 20.0. The van der Waals surface area contributed by atoms with Gasteiger partial charge in [0.15, 0.2) is 0 Å². The van der Waals surface area contributed by atoms with Gasteiger partial charge in [0.2, 0.25) is 0 Å². The van der Waals surface area contributed by atoms with E-state index in [4.69, 9.17) is 9.84 Å². The minimum Gasteiger partial charge on any atom is -0.394 e. The van der Waals surface area contributed by atoms with Crippen LogP contribution in [0.4, 0.5) is 0 Å². The SMILES string of the molecule is CC(C)CCCC(C)CCCC(C)CCCC1(C)OC1CO. The quantitative estimate of drug-likeness (QED) is 0.451. The molecule has 1 rings (SSSR count). The molecular weight excluding hydrogens is 272 g/mol. The lowest BCUT2D eigenvalue weighted by atomic mass is 9.90. The molecule has 1 aliphatic heterocycles. The Labute approximate surface area is 139 Å². The van der Waals surface area contributed by atoms with Crippen LogP contribution in [-0.4, -0.2) is 23.4 Å². The molecule has 0 saturated carbocycles. The van der Waals surface area contributed by atoms with Crippen LogP contribution in [0.15, 0.2) is 0 Å². The van der Waals surface area contributed by atoms with Crippen LogP contribution < -0.4 is 0 Å². The third-order valence-corrected chi connectivity index (χ3v) is 5.44. The Hall–Kier alpha value is -0.0800. The van der Waals surface area contributed by atoms with Gasteiger partial charge in [0, 0.05) is 0 Å². The topological polar surface area (TPSA) is 32.8 Å². The van der Waals surface area contributed by atoms with Gasteiger partial charge in [-0.15, -0.1) is 0 Å². The first-order valence-corrected chi connectivity index (χ1v) is 9.66. The molecular formula is C20H40O2. The molecule has 0 spiro atoms. The molecule has 22 heavy (non-hydrogen) atoms. The highest BCUT2D eigenvalue weighted by Crippen LogP contribution is 2.40. The fourth-order valence-electron chi connectivity index (χ4n) is 3.52. The molecule has 0 radical (unpaired) electrons. The Bertz CT molecular complexity index is 289. The Balaban J connectivity index is 1.96. The molecule has 0 bridgehead atoms. The molecule has 0 aromatic rings. The van der Waals surface area contributed by atoms with Gasteiger partial charge >= 0.3 is 0 Å². The molecule has 2 nitrogen and oxygen atoms in total. The van der Waals surface area contributed by atoms with Crippen molar-refractivity contribution in [3.05, 3.63) is 0 Å². The van der Waals surface area contributed by atoms with E-state index >= 15 is 0 Å². The van der Waals surface area contributed by atoms with E-state index < -0.39 is 0 Å². The van der Waals surface area contributed by atoms with Crippen LogP contribution in [0, 0.1) is 17.8 Å². The van der Waals surface area contributed by atoms with Crippen molar-refractivity contribution < 1.29 is 9.84 Å². The number of aliphatic hydroxyl groups excluding tert-OH is 1. The molecule has 0 aliphatic carbocycles. The Morgan fingerprint density at radius 3 is 1.82 bits per heavy atom.